The standard InChI is InChI=1S/C9H12FN3O3S/c10-7-3-1-2-4-8(7)17(15,16)13-6-5-12-9(11)14/h1-4,13H,5-6H2,(H3,11,12,14). The first-order valence-corrected chi connectivity index (χ1v) is 6.19. The SMILES string of the molecule is NC(=O)NCCNS(=O)(=O)c1ccccc1F. The molecule has 0 aliphatic rings. The lowest BCUT2D eigenvalue weighted by atomic mass is 10.4. The fraction of sp³-hybridized carbons (Fsp3) is 0.222. The van der Waals surface area contributed by atoms with Crippen molar-refractivity contribution >= 4 is 16.1 Å². The highest BCUT2D eigenvalue weighted by molar-refractivity contribution is 7.89. The van der Waals surface area contributed by atoms with E-state index in [-0.39, 0.29) is 13.1 Å². The molecular formula is C9H12FN3O3S. The van der Waals surface area contributed by atoms with E-state index in [1.54, 1.807) is 0 Å². The molecule has 0 saturated carbocycles. The van der Waals surface area contributed by atoms with Crippen LogP contribution in [0.5, 0.6) is 0 Å². The van der Waals surface area contributed by atoms with Crippen molar-refractivity contribution in [1.82, 2.24) is 10.0 Å². The number of hydrogen-bond acceptors (Lipinski definition) is 3. The zero-order valence-electron chi connectivity index (χ0n) is 8.81. The van der Waals surface area contributed by atoms with Gasteiger partial charge in [0.1, 0.15) is 10.7 Å². The Labute approximate surface area is 98.1 Å². The zero-order valence-corrected chi connectivity index (χ0v) is 9.63. The van der Waals surface area contributed by atoms with Gasteiger partial charge in [0.15, 0.2) is 0 Å². The smallest absolute Gasteiger partial charge is 0.312 e. The number of amides is 2. The van der Waals surface area contributed by atoms with Crippen molar-refractivity contribution in [3.05, 3.63) is 30.1 Å². The molecule has 0 unspecified atom stereocenters. The largest absolute Gasteiger partial charge is 0.352 e. The van der Waals surface area contributed by atoms with E-state index in [2.05, 4.69) is 10.0 Å². The number of nitrogens with one attached hydrogen (secondary N) is 2. The fourth-order valence-corrected chi connectivity index (χ4v) is 2.22. The van der Waals surface area contributed by atoms with Gasteiger partial charge in [-0.3, -0.25) is 0 Å². The summed E-state index contributed by atoms with van der Waals surface area (Å²) in [5.74, 6) is -0.831. The van der Waals surface area contributed by atoms with Crippen molar-refractivity contribution in [1.29, 1.82) is 0 Å². The molecule has 0 atom stereocenters. The molecular weight excluding hydrogens is 249 g/mol. The summed E-state index contributed by atoms with van der Waals surface area (Å²) >= 11 is 0. The van der Waals surface area contributed by atoms with Crippen LogP contribution in [0, 0.1) is 5.82 Å². The molecule has 4 N–H and O–H groups in total. The number of halogens is 1. The van der Waals surface area contributed by atoms with E-state index in [9.17, 15) is 17.6 Å². The molecule has 0 saturated heterocycles. The molecule has 1 aromatic carbocycles. The van der Waals surface area contributed by atoms with Gasteiger partial charge in [-0.05, 0) is 12.1 Å². The predicted molar refractivity (Wildman–Crippen MR) is 59.2 cm³/mol. The summed E-state index contributed by atoms with van der Waals surface area (Å²) in [4.78, 5) is 9.89. The molecule has 17 heavy (non-hydrogen) atoms. The summed E-state index contributed by atoms with van der Waals surface area (Å²) in [6.45, 7) is -0.0391. The highest BCUT2D eigenvalue weighted by Gasteiger charge is 2.17. The first kappa shape index (κ1) is 13.4. The van der Waals surface area contributed by atoms with E-state index in [0.29, 0.717) is 0 Å². The summed E-state index contributed by atoms with van der Waals surface area (Å²) in [6, 6.07) is 4.26. The van der Waals surface area contributed by atoms with Crippen LogP contribution in [-0.4, -0.2) is 27.5 Å². The van der Waals surface area contributed by atoms with Crippen LogP contribution >= 0.6 is 0 Å². The van der Waals surface area contributed by atoms with Crippen LogP contribution in [-0.2, 0) is 10.0 Å². The Balaban J connectivity index is 2.64. The number of sulfonamides is 1. The quantitative estimate of drug-likeness (QED) is 0.638. The van der Waals surface area contributed by atoms with E-state index in [1.807, 2.05) is 0 Å². The lowest BCUT2D eigenvalue weighted by Crippen LogP contribution is -2.37. The van der Waals surface area contributed by atoms with Gasteiger partial charge in [0, 0.05) is 13.1 Å². The number of carbonyl (C=O) groups excluding carboxylic acids is 1. The Morgan fingerprint density at radius 2 is 1.94 bits per heavy atom. The number of benzene rings is 1. The van der Waals surface area contributed by atoms with E-state index in [1.165, 1.54) is 12.1 Å². The second-order valence-corrected chi connectivity index (χ2v) is 4.85. The van der Waals surface area contributed by atoms with Crippen LogP contribution in [0.1, 0.15) is 0 Å². The number of hydrogen-bond donors (Lipinski definition) is 3. The normalized spacial score (nSPS) is 11.1. The van der Waals surface area contributed by atoms with Crippen LogP contribution in [0.15, 0.2) is 29.2 Å². The molecule has 0 aliphatic heterocycles. The third-order valence-electron chi connectivity index (χ3n) is 1.84. The minimum absolute atomic E-state index is 0.0308. The minimum atomic E-state index is -3.91. The molecule has 8 heteroatoms. The fourth-order valence-electron chi connectivity index (χ4n) is 1.11. The van der Waals surface area contributed by atoms with Gasteiger partial charge in [0.25, 0.3) is 0 Å². The molecule has 0 bridgehead atoms. The van der Waals surface area contributed by atoms with Crippen molar-refractivity contribution < 1.29 is 17.6 Å². The summed E-state index contributed by atoms with van der Waals surface area (Å²) in [5, 5.41) is 2.20. The molecule has 0 spiro atoms. The lowest BCUT2D eigenvalue weighted by molar-refractivity contribution is 0.249. The number of primary amides is 1. The minimum Gasteiger partial charge on any atom is -0.352 e. The van der Waals surface area contributed by atoms with Crippen molar-refractivity contribution in [2.24, 2.45) is 5.73 Å². The van der Waals surface area contributed by atoms with Crippen molar-refractivity contribution in [3.8, 4) is 0 Å². The van der Waals surface area contributed by atoms with Gasteiger partial charge in [-0.15, -0.1) is 0 Å². The van der Waals surface area contributed by atoms with Crippen LogP contribution in [0.25, 0.3) is 0 Å². The number of rotatable bonds is 5. The average molecular weight is 261 g/mol. The monoisotopic (exact) mass is 261 g/mol. The second-order valence-electron chi connectivity index (χ2n) is 3.12. The lowest BCUT2D eigenvalue weighted by Gasteiger charge is -2.07. The third-order valence-corrected chi connectivity index (χ3v) is 3.34. The maximum atomic E-state index is 13.2. The Morgan fingerprint density at radius 3 is 2.53 bits per heavy atom. The molecule has 6 nitrogen and oxygen atoms in total. The molecule has 0 aromatic heterocycles. The third kappa shape index (κ3) is 4.00. The Bertz CT molecular complexity index is 504. The Morgan fingerprint density at radius 1 is 1.29 bits per heavy atom. The van der Waals surface area contributed by atoms with Crippen LogP contribution in [0.4, 0.5) is 9.18 Å². The number of carbonyl (C=O) groups is 1. The first-order chi connectivity index (χ1) is 7.93. The zero-order chi connectivity index (χ0) is 12.9. The van der Waals surface area contributed by atoms with Crippen LogP contribution in [0.2, 0.25) is 0 Å². The van der Waals surface area contributed by atoms with Crippen molar-refractivity contribution in [2.75, 3.05) is 13.1 Å². The maximum Gasteiger partial charge on any atom is 0.312 e. The Kier molecular flexibility index (Phi) is 4.41. The molecule has 0 radical (unpaired) electrons. The van der Waals surface area contributed by atoms with Gasteiger partial charge in [-0.2, -0.15) is 0 Å². The van der Waals surface area contributed by atoms with Crippen molar-refractivity contribution in [2.45, 2.75) is 4.90 Å². The molecule has 94 valence electrons. The predicted octanol–water partition coefficient (Wildman–Crippen LogP) is -0.228. The maximum absolute atomic E-state index is 13.2. The highest BCUT2D eigenvalue weighted by atomic mass is 32.2. The van der Waals surface area contributed by atoms with Gasteiger partial charge in [-0.1, -0.05) is 12.1 Å². The van der Waals surface area contributed by atoms with Crippen molar-refractivity contribution in [3.63, 3.8) is 0 Å². The van der Waals surface area contributed by atoms with Crippen LogP contribution < -0.4 is 15.8 Å². The molecule has 2 amide bonds. The van der Waals surface area contributed by atoms with Gasteiger partial charge >= 0.3 is 6.03 Å². The van der Waals surface area contributed by atoms with E-state index in [4.69, 9.17) is 5.73 Å². The van der Waals surface area contributed by atoms with E-state index >= 15 is 0 Å². The summed E-state index contributed by atoms with van der Waals surface area (Å²) < 4.78 is 38.6. The molecule has 0 aliphatic carbocycles. The molecule has 0 fully saturated rings. The number of urea groups is 1. The topological polar surface area (TPSA) is 101 Å². The van der Waals surface area contributed by atoms with Gasteiger partial charge < -0.3 is 11.1 Å². The summed E-state index contributed by atoms with van der Waals surface area (Å²) in [7, 11) is -3.91. The molecule has 1 rings (SSSR count). The second kappa shape index (κ2) is 5.60. The highest BCUT2D eigenvalue weighted by Crippen LogP contribution is 2.12. The van der Waals surface area contributed by atoms with Gasteiger partial charge in [0.2, 0.25) is 10.0 Å². The van der Waals surface area contributed by atoms with E-state index < -0.39 is 26.8 Å². The first-order valence-electron chi connectivity index (χ1n) is 4.71. The average Bonchev–Trinajstić information content (AvgIpc) is 2.24. The van der Waals surface area contributed by atoms with Gasteiger partial charge in [0.05, 0.1) is 0 Å². The summed E-state index contributed by atoms with van der Waals surface area (Å²) in [5.41, 5.74) is 4.79. The Hall–Kier alpha value is -1.67. The summed E-state index contributed by atoms with van der Waals surface area (Å²) in [6.07, 6.45) is 0. The number of nitrogens with two attached hydrogens (primary N) is 1. The van der Waals surface area contributed by atoms with E-state index in [0.717, 1.165) is 12.1 Å². The van der Waals surface area contributed by atoms with Crippen LogP contribution in [0.3, 0.4) is 0 Å². The molecule has 1 aromatic rings. The molecule has 0 heterocycles. The van der Waals surface area contributed by atoms with Gasteiger partial charge in [-0.25, -0.2) is 22.3 Å².